The molecule has 9 heteroatoms. The first-order valence-corrected chi connectivity index (χ1v) is 10.3. The van der Waals surface area contributed by atoms with Crippen molar-refractivity contribution in [2.45, 2.75) is 32.0 Å². The lowest BCUT2D eigenvalue weighted by molar-refractivity contribution is -0.137. The number of nitrogen functional groups attached to an aromatic ring is 2. The molecule has 1 aromatic heterocycles. The molecule has 1 fully saturated rings. The zero-order valence-corrected chi connectivity index (χ0v) is 17.2. The summed E-state index contributed by atoms with van der Waals surface area (Å²) in [7, 11) is 0. The maximum atomic E-state index is 13.1. The van der Waals surface area contributed by atoms with Crippen molar-refractivity contribution in [3.8, 4) is 11.4 Å². The number of nitrogens with two attached hydrogens (primary N) is 2. The average molecular weight is 430 g/mol. The van der Waals surface area contributed by atoms with Gasteiger partial charge in [0, 0.05) is 35.9 Å². The van der Waals surface area contributed by atoms with Crippen molar-refractivity contribution in [2.24, 2.45) is 0 Å². The smallest absolute Gasteiger partial charge is 0.398 e. The standard InChI is InChI=1S/C22H25F3N6/c1-2-8-28-14-7-9-31(12-14)21-15-5-3-4-6-18(15)29-20(30-21)19-16(26)10-13(11-17(19)27)22(23,24)25/h3-6,10-11,14,28H,2,7-9,12,26-27H2,1H3. The number of hydrogen-bond acceptors (Lipinski definition) is 6. The average Bonchev–Trinajstić information content (AvgIpc) is 3.19. The highest BCUT2D eigenvalue weighted by Gasteiger charge is 2.32. The van der Waals surface area contributed by atoms with E-state index in [1.54, 1.807) is 0 Å². The Kier molecular flexibility index (Phi) is 5.62. The molecule has 1 saturated heterocycles. The largest absolute Gasteiger partial charge is 0.416 e. The number of benzene rings is 2. The van der Waals surface area contributed by atoms with Gasteiger partial charge in [-0.05, 0) is 43.7 Å². The Morgan fingerprint density at radius 2 is 1.84 bits per heavy atom. The third-order valence-electron chi connectivity index (χ3n) is 5.50. The number of anilines is 3. The molecular formula is C22H25F3N6. The molecule has 1 aliphatic heterocycles. The van der Waals surface area contributed by atoms with Gasteiger partial charge in [-0.15, -0.1) is 0 Å². The van der Waals surface area contributed by atoms with Gasteiger partial charge < -0.3 is 21.7 Å². The molecule has 0 aliphatic carbocycles. The number of hydrogen-bond donors (Lipinski definition) is 3. The molecule has 0 bridgehead atoms. The van der Waals surface area contributed by atoms with Crippen LogP contribution >= 0.6 is 0 Å². The zero-order valence-electron chi connectivity index (χ0n) is 17.2. The molecule has 0 spiro atoms. The Hall–Kier alpha value is -3.07. The van der Waals surface area contributed by atoms with E-state index >= 15 is 0 Å². The first kappa shape index (κ1) is 21.2. The maximum Gasteiger partial charge on any atom is 0.416 e. The van der Waals surface area contributed by atoms with Crippen LogP contribution in [0.25, 0.3) is 22.3 Å². The summed E-state index contributed by atoms with van der Waals surface area (Å²) in [4.78, 5) is 11.5. The van der Waals surface area contributed by atoms with Gasteiger partial charge in [-0.3, -0.25) is 0 Å². The molecular weight excluding hydrogens is 405 g/mol. The fourth-order valence-corrected chi connectivity index (χ4v) is 3.99. The van der Waals surface area contributed by atoms with Gasteiger partial charge in [-0.2, -0.15) is 13.2 Å². The second-order valence-electron chi connectivity index (χ2n) is 7.80. The third-order valence-corrected chi connectivity index (χ3v) is 5.50. The second kappa shape index (κ2) is 8.22. The van der Waals surface area contributed by atoms with Crippen molar-refractivity contribution < 1.29 is 13.2 Å². The van der Waals surface area contributed by atoms with Crippen molar-refractivity contribution in [1.29, 1.82) is 0 Å². The molecule has 5 N–H and O–H groups in total. The van der Waals surface area contributed by atoms with E-state index in [2.05, 4.69) is 22.1 Å². The lowest BCUT2D eigenvalue weighted by atomic mass is 10.0. The van der Waals surface area contributed by atoms with Gasteiger partial charge in [0.1, 0.15) is 5.82 Å². The molecule has 2 aromatic carbocycles. The van der Waals surface area contributed by atoms with E-state index in [-0.39, 0.29) is 22.8 Å². The van der Waals surface area contributed by atoms with Gasteiger partial charge in [-0.1, -0.05) is 19.1 Å². The fourth-order valence-electron chi connectivity index (χ4n) is 3.99. The van der Waals surface area contributed by atoms with E-state index in [9.17, 15) is 13.2 Å². The summed E-state index contributed by atoms with van der Waals surface area (Å²) in [5, 5.41) is 4.41. The summed E-state index contributed by atoms with van der Waals surface area (Å²) < 4.78 is 39.4. The molecule has 164 valence electrons. The van der Waals surface area contributed by atoms with Crippen molar-refractivity contribution >= 4 is 28.1 Å². The highest BCUT2D eigenvalue weighted by molar-refractivity contribution is 5.93. The molecule has 2 heterocycles. The van der Waals surface area contributed by atoms with Gasteiger partial charge in [0.25, 0.3) is 0 Å². The van der Waals surface area contributed by atoms with Crippen LogP contribution in [0, 0.1) is 0 Å². The van der Waals surface area contributed by atoms with Crippen LogP contribution in [0.5, 0.6) is 0 Å². The topological polar surface area (TPSA) is 93.1 Å². The summed E-state index contributed by atoms with van der Waals surface area (Å²) in [5.74, 6) is 0.961. The van der Waals surface area contributed by atoms with Gasteiger partial charge >= 0.3 is 6.18 Å². The second-order valence-corrected chi connectivity index (χ2v) is 7.80. The SMILES string of the molecule is CCCNC1CCN(c2nc(-c3c(N)cc(C(F)(F)F)cc3N)nc3ccccc23)C1. The van der Waals surface area contributed by atoms with E-state index in [1.165, 1.54) is 0 Å². The summed E-state index contributed by atoms with van der Waals surface area (Å²) in [6.45, 7) is 4.69. The maximum absolute atomic E-state index is 13.1. The highest BCUT2D eigenvalue weighted by Crippen LogP contribution is 2.39. The predicted octanol–water partition coefficient (Wildman–Crippen LogP) is 4.06. The molecule has 31 heavy (non-hydrogen) atoms. The van der Waals surface area contributed by atoms with Crippen molar-refractivity contribution in [1.82, 2.24) is 15.3 Å². The lowest BCUT2D eigenvalue weighted by Crippen LogP contribution is -2.33. The van der Waals surface area contributed by atoms with Crippen LogP contribution in [0.2, 0.25) is 0 Å². The summed E-state index contributed by atoms with van der Waals surface area (Å²) in [6, 6.07) is 9.69. The molecule has 3 aromatic rings. The van der Waals surface area contributed by atoms with Crippen LogP contribution in [-0.2, 0) is 6.18 Å². The molecule has 0 radical (unpaired) electrons. The van der Waals surface area contributed by atoms with Crippen LogP contribution < -0.4 is 21.7 Å². The third kappa shape index (κ3) is 4.23. The van der Waals surface area contributed by atoms with Crippen LogP contribution in [0.4, 0.5) is 30.4 Å². The van der Waals surface area contributed by atoms with E-state index in [4.69, 9.17) is 16.5 Å². The minimum Gasteiger partial charge on any atom is -0.398 e. The Morgan fingerprint density at radius 3 is 2.52 bits per heavy atom. The molecule has 1 atom stereocenters. The molecule has 6 nitrogen and oxygen atoms in total. The Morgan fingerprint density at radius 1 is 1.13 bits per heavy atom. The Bertz CT molecular complexity index is 1080. The van der Waals surface area contributed by atoms with E-state index in [1.807, 2.05) is 24.3 Å². The molecule has 4 rings (SSSR count). The summed E-state index contributed by atoms with van der Waals surface area (Å²) in [5.41, 5.74) is 11.8. The van der Waals surface area contributed by atoms with Crippen molar-refractivity contribution in [2.75, 3.05) is 36.0 Å². The van der Waals surface area contributed by atoms with Crippen molar-refractivity contribution in [3.05, 3.63) is 42.0 Å². The first-order chi connectivity index (χ1) is 14.8. The number of fused-ring (bicyclic) bond motifs is 1. The number of nitrogens with one attached hydrogen (secondary N) is 1. The number of nitrogens with zero attached hydrogens (tertiary/aromatic N) is 3. The van der Waals surface area contributed by atoms with Crippen LogP contribution in [0.1, 0.15) is 25.3 Å². The quantitative estimate of drug-likeness (QED) is 0.529. The fraction of sp³-hybridized carbons (Fsp3) is 0.364. The van der Waals surface area contributed by atoms with E-state index in [0.29, 0.717) is 11.6 Å². The van der Waals surface area contributed by atoms with Crippen LogP contribution in [0.3, 0.4) is 0 Å². The lowest BCUT2D eigenvalue weighted by Gasteiger charge is -2.21. The molecule has 1 aliphatic rings. The van der Waals surface area contributed by atoms with E-state index < -0.39 is 11.7 Å². The minimum absolute atomic E-state index is 0.0996. The van der Waals surface area contributed by atoms with Gasteiger partial charge in [0.15, 0.2) is 5.82 Å². The van der Waals surface area contributed by atoms with Gasteiger partial charge in [-0.25, -0.2) is 9.97 Å². The van der Waals surface area contributed by atoms with Crippen LogP contribution in [0.15, 0.2) is 36.4 Å². The predicted molar refractivity (Wildman–Crippen MR) is 118 cm³/mol. The van der Waals surface area contributed by atoms with Gasteiger partial charge in [0.05, 0.1) is 16.6 Å². The highest BCUT2D eigenvalue weighted by atomic mass is 19.4. The number of aromatic nitrogens is 2. The monoisotopic (exact) mass is 430 g/mol. The molecule has 0 saturated carbocycles. The Labute approximate surface area is 178 Å². The zero-order chi connectivity index (χ0) is 22.2. The molecule has 0 amide bonds. The van der Waals surface area contributed by atoms with Crippen molar-refractivity contribution in [3.63, 3.8) is 0 Å². The van der Waals surface area contributed by atoms with Crippen LogP contribution in [-0.4, -0.2) is 35.6 Å². The summed E-state index contributed by atoms with van der Waals surface area (Å²) in [6.07, 6.45) is -2.49. The Balaban J connectivity index is 1.79. The normalized spacial score (nSPS) is 16.9. The number of alkyl halides is 3. The molecule has 1 unspecified atom stereocenters. The van der Waals surface area contributed by atoms with E-state index in [0.717, 1.165) is 55.8 Å². The summed E-state index contributed by atoms with van der Waals surface area (Å²) >= 11 is 0. The number of halogens is 3. The first-order valence-electron chi connectivity index (χ1n) is 10.3. The number of para-hydroxylation sites is 1. The van der Waals surface area contributed by atoms with Gasteiger partial charge in [0.2, 0.25) is 0 Å². The minimum atomic E-state index is -4.54. The number of rotatable bonds is 5.